The summed E-state index contributed by atoms with van der Waals surface area (Å²) in [5, 5.41) is 0. The summed E-state index contributed by atoms with van der Waals surface area (Å²) < 4.78 is 0. The van der Waals surface area contributed by atoms with E-state index in [1.807, 2.05) is 24.3 Å². The smallest absolute Gasteiger partial charge is 0.273 e. The lowest BCUT2D eigenvalue weighted by atomic mass is 9.71. The first-order chi connectivity index (χ1) is 10.8. The standard InChI is InChI=1S/C19H20N2O/c22-18(17-11-5-7-13-20-17)21-16-10-4-6-12-19(21,14-16)15-8-2-1-3-9-15/h1-3,5,7-9,11,13,16H,4,6,10,12,14H2/t16-,19+/m0/s1. The summed E-state index contributed by atoms with van der Waals surface area (Å²) >= 11 is 0. The van der Waals surface area contributed by atoms with Gasteiger partial charge in [-0.15, -0.1) is 0 Å². The normalized spacial score (nSPS) is 26.9. The van der Waals surface area contributed by atoms with Crippen molar-refractivity contribution in [2.75, 3.05) is 0 Å². The summed E-state index contributed by atoms with van der Waals surface area (Å²) in [5.41, 5.74) is 1.73. The third kappa shape index (κ3) is 1.96. The summed E-state index contributed by atoms with van der Waals surface area (Å²) in [6.45, 7) is 0. The second kappa shape index (κ2) is 5.24. The SMILES string of the molecule is O=C(c1ccccn1)N1[C@H]2CCCC[C@]1(c1ccccc1)C2. The molecule has 2 aliphatic heterocycles. The van der Waals surface area contributed by atoms with Crippen LogP contribution in [0.1, 0.15) is 48.2 Å². The van der Waals surface area contributed by atoms with Crippen molar-refractivity contribution in [2.45, 2.75) is 43.7 Å². The molecule has 1 amide bonds. The zero-order valence-corrected chi connectivity index (χ0v) is 12.6. The number of carbonyl (C=O) groups is 1. The minimum atomic E-state index is -0.114. The summed E-state index contributed by atoms with van der Waals surface area (Å²) in [6, 6.07) is 16.5. The highest BCUT2D eigenvalue weighted by Crippen LogP contribution is 2.52. The van der Waals surface area contributed by atoms with E-state index in [2.05, 4.69) is 34.1 Å². The van der Waals surface area contributed by atoms with E-state index in [9.17, 15) is 4.79 Å². The number of amides is 1. The summed E-state index contributed by atoms with van der Waals surface area (Å²) in [4.78, 5) is 19.4. The van der Waals surface area contributed by atoms with Gasteiger partial charge in [-0.3, -0.25) is 9.78 Å². The van der Waals surface area contributed by atoms with E-state index in [-0.39, 0.29) is 11.4 Å². The van der Waals surface area contributed by atoms with Gasteiger partial charge in [-0.1, -0.05) is 49.2 Å². The van der Waals surface area contributed by atoms with Gasteiger partial charge in [0.1, 0.15) is 5.69 Å². The lowest BCUT2D eigenvalue weighted by Crippen LogP contribution is -2.64. The molecular formula is C19H20N2O. The molecule has 1 aromatic heterocycles. The fourth-order valence-electron chi connectivity index (χ4n) is 4.19. The Balaban J connectivity index is 1.75. The number of aromatic nitrogens is 1. The number of rotatable bonds is 2. The van der Waals surface area contributed by atoms with Crippen LogP contribution in [-0.2, 0) is 5.54 Å². The van der Waals surface area contributed by atoms with Gasteiger partial charge in [0.05, 0.1) is 5.54 Å². The molecule has 0 N–H and O–H groups in total. The molecular weight excluding hydrogens is 272 g/mol. The van der Waals surface area contributed by atoms with Gasteiger partial charge < -0.3 is 4.90 Å². The predicted octanol–water partition coefficient (Wildman–Crippen LogP) is 3.77. The maximum atomic E-state index is 13.0. The third-order valence-electron chi connectivity index (χ3n) is 5.19. The molecule has 2 atom stereocenters. The Kier molecular flexibility index (Phi) is 3.21. The van der Waals surface area contributed by atoms with Gasteiger partial charge in [-0.25, -0.2) is 0 Å². The topological polar surface area (TPSA) is 33.2 Å². The highest BCUT2D eigenvalue weighted by atomic mass is 16.2. The summed E-state index contributed by atoms with van der Waals surface area (Å²) in [7, 11) is 0. The van der Waals surface area contributed by atoms with Crippen molar-refractivity contribution in [1.29, 1.82) is 0 Å². The Hall–Kier alpha value is -2.16. The van der Waals surface area contributed by atoms with Crippen LogP contribution in [0.2, 0.25) is 0 Å². The van der Waals surface area contributed by atoms with Crippen molar-refractivity contribution in [2.24, 2.45) is 0 Å². The molecule has 4 rings (SSSR count). The highest BCUT2D eigenvalue weighted by molar-refractivity contribution is 5.94. The number of hydrogen-bond acceptors (Lipinski definition) is 2. The van der Waals surface area contributed by atoms with Crippen molar-refractivity contribution in [3.63, 3.8) is 0 Å². The van der Waals surface area contributed by atoms with E-state index in [4.69, 9.17) is 0 Å². The highest BCUT2D eigenvalue weighted by Gasteiger charge is 2.55. The quantitative estimate of drug-likeness (QED) is 0.844. The Bertz CT molecular complexity index is 666. The molecule has 1 aromatic carbocycles. The first kappa shape index (κ1) is 13.5. The largest absolute Gasteiger partial charge is 0.324 e. The average molecular weight is 292 g/mol. The number of pyridine rings is 1. The molecule has 2 aromatic rings. The number of hydrogen-bond donors (Lipinski definition) is 0. The fraction of sp³-hybridized carbons (Fsp3) is 0.368. The molecule has 0 saturated carbocycles. The molecule has 2 aliphatic rings. The molecule has 3 nitrogen and oxygen atoms in total. The zero-order chi connectivity index (χ0) is 15.0. The van der Waals surface area contributed by atoms with Crippen molar-refractivity contribution in [3.8, 4) is 0 Å². The minimum Gasteiger partial charge on any atom is -0.324 e. The van der Waals surface area contributed by atoms with Gasteiger partial charge in [0, 0.05) is 12.2 Å². The third-order valence-corrected chi connectivity index (χ3v) is 5.19. The van der Waals surface area contributed by atoms with Gasteiger partial charge >= 0.3 is 0 Å². The van der Waals surface area contributed by atoms with Crippen LogP contribution in [0.15, 0.2) is 54.7 Å². The molecule has 2 fully saturated rings. The van der Waals surface area contributed by atoms with Gasteiger partial charge in [0.2, 0.25) is 0 Å². The van der Waals surface area contributed by atoms with Crippen LogP contribution in [0, 0.1) is 0 Å². The second-order valence-corrected chi connectivity index (χ2v) is 6.39. The molecule has 2 bridgehead atoms. The van der Waals surface area contributed by atoms with Crippen molar-refractivity contribution in [3.05, 3.63) is 66.0 Å². The minimum absolute atomic E-state index is 0.0857. The summed E-state index contributed by atoms with van der Waals surface area (Å²) in [5.74, 6) is 0.0857. The maximum absolute atomic E-state index is 13.0. The second-order valence-electron chi connectivity index (χ2n) is 6.39. The van der Waals surface area contributed by atoms with E-state index in [1.165, 1.54) is 18.4 Å². The first-order valence-electron chi connectivity index (χ1n) is 8.11. The van der Waals surface area contributed by atoms with E-state index in [0.29, 0.717) is 11.7 Å². The van der Waals surface area contributed by atoms with Crippen molar-refractivity contribution < 1.29 is 4.79 Å². The molecule has 22 heavy (non-hydrogen) atoms. The van der Waals surface area contributed by atoms with Crippen LogP contribution in [0.4, 0.5) is 0 Å². The number of carbonyl (C=O) groups excluding carboxylic acids is 1. The van der Waals surface area contributed by atoms with Crippen molar-refractivity contribution >= 4 is 5.91 Å². The molecule has 0 spiro atoms. The van der Waals surface area contributed by atoms with Crippen LogP contribution in [0.5, 0.6) is 0 Å². The predicted molar refractivity (Wildman–Crippen MR) is 85.4 cm³/mol. The van der Waals surface area contributed by atoms with Crippen LogP contribution in [0.3, 0.4) is 0 Å². The van der Waals surface area contributed by atoms with E-state index in [0.717, 1.165) is 19.3 Å². The summed E-state index contributed by atoms with van der Waals surface area (Å²) in [6.07, 6.45) is 7.38. The van der Waals surface area contributed by atoms with Crippen LogP contribution in [-0.4, -0.2) is 21.8 Å². The Morgan fingerprint density at radius 2 is 1.91 bits per heavy atom. The molecule has 2 saturated heterocycles. The average Bonchev–Trinajstić information content (AvgIpc) is 2.90. The fourth-order valence-corrected chi connectivity index (χ4v) is 4.19. The Labute approximate surface area is 131 Å². The molecule has 3 heterocycles. The monoisotopic (exact) mass is 292 g/mol. The van der Waals surface area contributed by atoms with Crippen LogP contribution in [0.25, 0.3) is 0 Å². The first-order valence-corrected chi connectivity index (χ1v) is 8.11. The van der Waals surface area contributed by atoms with Crippen LogP contribution < -0.4 is 0 Å². The molecule has 0 radical (unpaired) electrons. The van der Waals surface area contributed by atoms with E-state index < -0.39 is 0 Å². The Morgan fingerprint density at radius 1 is 1.09 bits per heavy atom. The molecule has 0 unspecified atom stereocenters. The number of fused-ring (bicyclic) bond motifs is 2. The maximum Gasteiger partial charge on any atom is 0.273 e. The lowest BCUT2D eigenvalue weighted by Gasteiger charge is -2.57. The molecule has 0 aliphatic carbocycles. The Morgan fingerprint density at radius 3 is 2.68 bits per heavy atom. The molecule has 3 heteroatoms. The van der Waals surface area contributed by atoms with Crippen molar-refractivity contribution in [1.82, 2.24) is 9.88 Å². The molecule has 112 valence electrons. The lowest BCUT2D eigenvalue weighted by molar-refractivity contribution is -0.0496. The van der Waals surface area contributed by atoms with Gasteiger partial charge in [-0.2, -0.15) is 0 Å². The number of nitrogens with zero attached hydrogens (tertiary/aromatic N) is 2. The van der Waals surface area contributed by atoms with E-state index >= 15 is 0 Å². The van der Waals surface area contributed by atoms with E-state index in [1.54, 1.807) is 6.20 Å². The number of benzene rings is 1. The zero-order valence-electron chi connectivity index (χ0n) is 12.6. The van der Waals surface area contributed by atoms with Gasteiger partial charge in [0.15, 0.2) is 0 Å². The van der Waals surface area contributed by atoms with Crippen LogP contribution >= 0.6 is 0 Å². The van der Waals surface area contributed by atoms with Gasteiger partial charge in [0.25, 0.3) is 5.91 Å². The van der Waals surface area contributed by atoms with Gasteiger partial charge in [-0.05, 0) is 37.0 Å².